The molecule has 0 saturated carbocycles. The van der Waals surface area contributed by atoms with Crippen molar-refractivity contribution < 1.29 is 28.5 Å². The lowest BCUT2D eigenvalue weighted by atomic mass is 10.1. The van der Waals surface area contributed by atoms with Crippen molar-refractivity contribution in [1.29, 1.82) is 0 Å². The zero-order chi connectivity index (χ0) is 20.5. The average Bonchev–Trinajstić information content (AvgIpc) is 3.16. The number of hydrogen-bond donors (Lipinski definition) is 1. The minimum atomic E-state index is -0.562. The van der Waals surface area contributed by atoms with E-state index in [1.165, 1.54) is 18.9 Å². The van der Waals surface area contributed by atoms with Gasteiger partial charge in [0.2, 0.25) is 11.8 Å². The fraction of sp³-hybridized carbons (Fsp3) is 0.579. The van der Waals surface area contributed by atoms with Gasteiger partial charge in [-0.15, -0.1) is 11.8 Å². The van der Waals surface area contributed by atoms with Crippen LogP contribution >= 0.6 is 11.8 Å². The summed E-state index contributed by atoms with van der Waals surface area (Å²) in [5.74, 6) is 1.29. The van der Waals surface area contributed by atoms with Crippen molar-refractivity contribution >= 4 is 23.6 Å². The minimum Gasteiger partial charge on any atom is -0.493 e. The number of nitrogens with one attached hydrogen (secondary N) is 1. The molecule has 28 heavy (non-hydrogen) atoms. The molecule has 1 aliphatic heterocycles. The van der Waals surface area contributed by atoms with Crippen LogP contribution in [0.25, 0.3) is 0 Å². The van der Waals surface area contributed by atoms with Crippen LogP contribution in [0.4, 0.5) is 0 Å². The van der Waals surface area contributed by atoms with Crippen molar-refractivity contribution in [2.75, 3.05) is 54.0 Å². The molecule has 0 bridgehead atoms. The molecule has 1 aliphatic rings. The summed E-state index contributed by atoms with van der Waals surface area (Å²) in [6.45, 7) is 0.985. The van der Waals surface area contributed by atoms with Crippen LogP contribution in [-0.4, -0.2) is 76.7 Å². The number of thioether (sulfide) groups is 1. The van der Waals surface area contributed by atoms with Gasteiger partial charge in [0, 0.05) is 33.1 Å². The Labute approximate surface area is 169 Å². The van der Waals surface area contributed by atoms with Crippen LogP contribution in [-0.2, 0) is 19.1 Å². The second-order valence-electron chi connectivity index (χ2n) is 6.19. The van der Waals surface area contributed by atoms with Gasteiger partial charge < -0.3 is 29.2 Å². The van der Waals surface area contributed by atoms with Crippen LogP contribution < -0.4 is 14.8 Å². The molecule has 156 valence electrons. The molecule has 1 aromatic carbocycles. The van der Waals surface area contributed by atoms with Crippen LogP contribution in [0.3, 0.4) is 0 Å². The molecule has 8 nitrogen and oxygen atoms in total. The van der Waals surface area contributed by atoms with Crippen LogP contribution in [0.15, 0.2) is 18.2 Å². The smallest absolute Gasteiger partial charge is 0.250 e. The summed E-state index contributed by atoms with van der Waals surface area (Å²) in [5.41, 5.74) is 0.863. The second-order valence-corrected chi connectivity index (χ2v) is 7.30. The van der Waals surface area contributed by atoms with Gasteiger partial charge in [-0.2, -0.15) is 0 Å². The van der Waals surface area contributed by atoms with Gasteiger partial charge >= 0.3 is 0 Å². The van der Waals surface area contributed by atoms with E-state index in [0.717, 1.165) is 5.56 Å². The lowest BCUT2D eigenvalue weighted by Gasteiger charge is -2.29. The summed E-state index contributed by atoms with van der Waals surface area (Å²) in [7, 11) is 6.22. The normalized spacial score (nSPS) is 18.8. The Morgan fingerprint density at radius 2 is 1.89 bits per heavy atom. The molecule has 0 spiro atoms. The van der Waals surface area contributed by atoms with Crippen molar-refractivity contribution in [2.24, 2.45) is 0 Å². The number of carbonyl (C=O) groups excluding carboxylic acids is 2. The maximum atomic E-state index is 12.7. The number of nitrogens with zero attached hydrogens (tertiary/aromatic N) is 1. The van der Waals surface area contributed by atoms with Crippen molar-refractivity contribution in [1.82, 2.24) is 10.2 Å². The Morgan fingerprint density at radius 1 is 1.14 bits per heavy atom. The summed E-state index contributed by atoms with van der Waals surface area (Å²) < 4.78 is 20.7. The molecule has 0 aromatic heterocycles. The van der Waals surface area contributed by atoms with Gasteiger partial charge in [0.25, 0.3) is 0 Å². The summed E-state index contributed by atoms with van der Waals surface area (Å²) in [6.07, 6.45) is 0.716. The minimum absolute atomic E-state index is 0.0855. The first-order chi connectivity index (χ1) is 13.6. The Hall–Kier alpha value is -1.97. The fourth-order valence-electron chi connectivity index (χ4n) is 3.02. The van der Waals surface area contributed by atoms with Crippen molar-refractivity contribution in [3.05, 3.63) is 23.8 Å². The van der Waals surface area contributed by atoms with Gasteiger partial charge in [-0.3, -0.25) is 9.59 Å². The summed E-state index contributed by atoms with van der Waals surface area (Å²) in [5, 5.41) is 2.58. The molecule has 0 aliphatic carbocycles. The predicted octanol–water partition coefficient (Wildman–Crippen LogP) is 1.45. The van der Waals surface area contributed by atoms with E-state index in [0.29, 0.717) is 36.8 Å². The highest BCUT2D eigenvalue weighted by molar-refractivity contribution is 7.99. The highest BCUT2D eigenvalue weighted by atomic mass is 32.2. The second kappa shape index (κ2) is 11.1. The maximum Gasteiger partial charge on any atom is 0.250 e. The Kier molecular flexibility index (Phi) is 8.88. The third-order valence-corrected chi connectivity index (χ3v) is 5.70. The largest absolute Gasteiger partial charge is 0.493 e. The maximum absolute atomic E-state index is 12.7. The molecule has 0 radical (unpaired) electrons. The van der Waals surface area contributed by atoms with E-state index in [-0.39, 0.29) is 23.8 Å². The van der Waals surface area contributed by atoms with Crippen LogP contribution in [0.5, 0.6) is 11.5 Å². The van der Waals surface area contributed by atoms with Crippen LogP contribution in [0.2, 0.25) is 0 Å². The first kappa shape index (κ1) is 22.3. The highest BCUT2D eigenvalue weighted by Gasteiger charge is 2.42. The number of amides is 2. The summed E-state index contributed by atoms with van der Waals surface area (Å²) in [4.78, 5) is 27.0. The molecule has 1 N–H and O–H groups in total. The number of methoxy groups -OCH3 is 4. The molecule has 2 atom stereocenters. The molecule has 2 rings (SSSR count). The lowest BCUT2D eigenvalue weighted by molar-refractivity contribution is -0.142. The van der Waals surface area contributed by atoms with E-state index in [2.05, 4.69) is 5.32 Å². The molecular formula is C19H28N2O6S. The van der Waals surface area contributed by atoms with Gasteiger partial charge in [0.15, 0.2) is 11.5 Å². The third kappa shape index (κ3) is 5.30. The topological polar surface area (TPSA) is 86.3 Å². The van der Waals surface area contributed by atoms with Crippen molar-refractivity contribution in [2.45, 2.75) is 17.8 Å². The zero-order valence-electron chi connectivity index (χ0n) is 16.7. The molecule has 2 amide bonds. The van der Waals surface area contributed by atoms with E-state index in [4.69, 9.17) is 18.9 Å². The predicted molar refractivity (Wildman–Crippen MR) is 107 cm³/mol. The molecule has 1 heterocycles. The summed E-state index contributed by atoms with van der Waals surface area (Å²) >= 11 is 1.54. The lowest BCUT2D eigenvalue weighted by Crippen LogP contribution is -2.49. The zero-order valence-corrected chi connectivity index (χ0v) is 17.5. The Bertz CT molecular complexity index is 672. The van der Waals surface area contributed by atoms with Crippen LogP contribution in [0.1, 0.15) is 17.4 Å². The van der Waals surface area contributed by atoms with E-state index >= 15 is 0 Å². The standard InChI is InChI=1S/C19H28N2O6S/c1-24-9-5-8-20-18(23)14-12-28-19(21(14)17(22)11-25-2)13-6-7-15(26-3)16(10-13)27-4/h6-7,10,14,19H,5,8-9,11-12H2,1-4H3,(H,20,23)/t14-,19+/m0/s1. The van der Waals surface area contributed by atoms with E-state index < -0.39 is 6.04 Å². The first-order valence-corrected chi connectivity index (χ1v) is 10.0. The third-order valence-electron chi connectivity index (χ3n) is 4.38. The quantitative estimate of drug-likeness (QED) is 0.582. The van der Waals surface area contributed by atoms with E-state index in [9.17, 15) is 9.59 Å². The van der Waals surface area contributed by atoms with Gasteiger partial charge in [-0.25, -0.2) is 0 Å². The monoisotopic (exact) mass is 412 g/mol. The van der Waals surface area contributed by atoms with Crippen LogP contribution in [0, 0.1) is 0 Å². The SMILES string of the molecule is COCCCNC(=O)[C@@H]1CS[C@H](c2ccc(OC)c(OC)c2)N1C(=O)COC. The van der Waals surface area contributed by atoms with E-state index in [1.54, 1.807) is 32.3 Å². The van der Waals surface area contributed by atoms with Crippen molar-refractivity contribution in [3.8, 4) is 11.5 Å². The number of hydrogen-bond acceptors (Lipinski definition) is 7. The number of ether oxygens (including phenoxy) is 4. The fourth-order valence-corrected chi connectivity index (χ4v) is 4.46. The van der Waals surface area contributed by atoms with Gasteiger partial charge in [-0.1, -0.05) is 6.07 Å². The Balaban J connectivity index is 2.22. The molecular weight excluding hydrogens is 384 g/mol. The molecule has 0 unspecified atom stereocenters. The van der Waals surface area contributed by atoms with Gasteiger partial charge in [0.05, 0.1) is 14.2 Å². The molecule has 1 aromatic rings. The molecule has 1 saturated heterocycles. The van der Waals surface area contributed by atoms with Gasteiger partial charge in [-0.05, 0) is 24.1 Å². The summed E-state index contributed by atoms with van der Waals surface area (Å²) in [6, 6.07) is 4.95. The average molecular weight is 413 g/mol. The van der Waals surface area contributed by atoms with Gasteiger partial charge in [0.1, 0.15) is 18.0 Å². The van der Waals surface area contributed by atoms with E-state index in [1.807, 2.05) is 12.1 Å². The number of carbonyl (C=O) groups is 2. The molecule has 9 heteroatoms. The first-order valence-electron chi connectivity index (χ1n) is 8.97. The Morgan fingerprint density at radius 3 is 2.54 bits per heavy atom. The number of benzene rings is 1. The van der Waals surface area contributed by atoms with Crippen molar-refractivity contribution in [3.63, 3.8) is 0 Å². The highest BCUT2D eigenvalue weighted by Crippen LogP contribution is 2.43. The number of rotatable bonds is 10. The molecule has 1 fully saturated rings.